The molecule has 0 spiro atoms. The molecule has 0 amide bonds. The van der Waals surface area contributed by atoms with Crippen LogP contribution >= 0.6 is 23.4 Å². The van der Waals surface area contributed by atoms with Crippen LogP contribution < -0.4 is 5.56 Å². The van der Waals surface area contributed by atoms with Gasteiger partial charge in [-0.2, -0.15) is 0 Å². The van der Waals surface area contributed by atoms with Crippen LogP contribution in [0, 0.1) is 12.3 Å². The fraction of sp³-hybridized carbons (Fsp3) is 0.286. The highest BCUT2D eigenvalue weighted by molar-refractivity contribution is 7.99. The summed E-state index contributed by atoms with van der Waals surface area (Å²) >= 11 is 7.36. The Kier molecular flexibility index (Phi) is 5.45. The lowest BCUT2D eigenvalue weighted by Gasteiger charge is -2.18. The minimum Gasteiger partial charge on any atom is -0.298 e. The van der Waals surface area contributed by atoms with Crippen molar-refractivity contribution in [3.05, 3.63) is 63.4 Å². The summed E-state index contributed by atoms with van der Waals surface area (Å²) in [5, 5.41) is 1.50. The maximum Gasteiger partial charge on any atom is 0.266 e. The Morgan fingerprint density at radius 3 is 2.56 bits per heavy atom. The van der Waals surface area contributed by atoms with Crippen LogP contribution in [0.3, 0.4) is 0 Å². The van der Waals surface area contributed by atoms with Crippen molar-refractivity contribution < 1.29 is 4.79 Å². The molecule has 4 nitrogen and oxygen atoms in total. The van der Waals surface area contributed by atoms with Crippen molar-refractivity contribution in [1.82, 2.24) is 9.55 Å². The lowest BCUT2D eigenvalue weighted by molar-refractivity contribution is -0.123. The van der Waals surface area contributed by atoms with Gasteiger partial charge in [-0.1, -0.05) is 62.3 Å². The van der Waals surface area contributed by atoms with Crippen LogP contribution in [0.15, 0.2) is 52.4 Å². The van der Waals surface area contributed by atoms with E-state index in [0.29, 0.717) is 21.1 Å². The van der Waals surface area contributed by atoms with Crippen molar-refractivity contribution in [1.29, 1.82) is 0 Å². The summed E-state index contributed by atoms with van der Waals surface area (Å²) < 4.78 is 1.59. The summed E-state index contributed by atoms with van der Waals surface area (Å²) in [6.45, 7) is 7.61. The normalized spacial score (nSPS) is 11.7. The van der Waals surface area contributed by atoms with E-state index in [4.69, 9.17) is 11.6 Å². The van der Waals surface area contributed by atoms with Crippen molar-refractivity contribution in [2.24, 2.45) is 5.41 Å². The second kappa shape index (κ2) is 7.49. The molecule has 0 saturated heterocycles. The summed E-state index contributed by atoms with van der Waals surface area (Å²) in [5.74, 6) is 0.345. The van der Waals surface area contributed by atoms with Gasteiger partial charge in [0.2, 0.25) is 0 Å². The van der Waals surface area contributed by atoms with Gasteiger partial charge >= 0.3 is 0 Å². The van der Waals surface area contributed by atoms with E-state index in [1.165, 1.54) is 11.8 Å². The van der Waals surface area contributed by atoms with Gasteiger partial charge in [-0.05, 0) is 36.8 Å². The molecule has 0 bridgehead atoms. The number of Topliss-reactive ketones (excluding diaryl/α,β-unsaturated/α-hetero) is 1. The molecule has 3 aromatic rings. The molecule has 0 unspecified atom stereocenters. The fourth-order valence-electron chi connectivity index (χ4n) is 2.61. The van der Waals surface area contributed by atoms with Crippen molar-refractivity contribution in [2.45, 2.75) is 32.9 Å². The van der Waals surface area contributed by atoms with Crippen LogP contribution in [-0.4, -0.2) is 21.1 Å². The van der Waals surface area contributed by atoms with Crippen LogP contribution in [0.2, 0.25) is 5.02 Å². The molecular weight excluding hydrogens is 380 g/mol. The topological polar surface area (TPSA) is 52.0 Å². The van der Waals surface area contributed by atoms with E-state index in [2.05, 4.69) is 4.98 Å². The number of aryl methyl sites for hydroxylation is 1. The van der Waals surface area contributed by atoms with Crippen LogP contribution in [-0.2, 0) is 4.79 Å². The molecule has 1 heterocycles. The second-order valence-corrected chi connectivity index (χ2v) is 8.82. The summed E-state index contributed by atoms with van der Waals surface area (Å²) in [7, 11) is 0. The summed E-state index contributed by atoms with van der Waals surface area (Å²) in [6.07, 6.45) is 0. The Morgan fingerprint density at radius 2 is 1.89 bits per heavy atom. The fourth-order valence-corrected chi connectivity index (χ4v) is 3.94. The number of nitrogens with zero attached hydrogens (tertiary/aromatic N) is 2. The van der Waals surface area contributed by atoms with Gasteiger partial charge in [-0.25, -0.2) is 4.98 Å². The highest BCUT2D eigenvalue weighted by Gasteiger charge is 2.23. The minimum atomic E-state index is -0.444. The van der Waals surface area contributed by atoms with E-state index in [0.717, 1.165) is 11.3 Å². The predicted octanol–water partition coefficient (Wildman–Crippen LogP) is 5.05. The highest BCUT2D eigenvalue weighted by Crippen LogP contribution is 2.26. The average Bonchev–Trinajstić information content (AvgIpc) is 2.59. The van der Waals surface area contributed by atoms with Crippen molar-refractivity contribution in [3.63, 3.8) is 0 Å². The lowest BCUT2D eigenvalue weighted by Crippen LogP contribution is -2.25. The zero-order chi connectivity index (χ0) is 19.8. The Labute approximate surface area is 167 Å². The standard InChI is InChI=1S/C21H21ClN2O2S/c1-13-7-5-6-8-17(13)24-19(26)15-10-9-14(22)11-16(15)23-20(24)27-12-18(25)21(2,3)4/h5-11H,12H2,1-4H3. The third kappa shape index (κ3) is 4.09. The maximum atomic E-state index is 13.2. The van der Waals surface area contributed by atoms with E-state index >= 15 is 0 Å². The highest BCUT2D eigenvalue weighted by atomic mass is 35.5. The van der Waals surface area contributed by atoms with Crippen LogP contribution in [0.1, 0.15) is 26.3 Å². The first kappa shape index (κ1) is 19.6. The molecule has 27 heavy (non-hydrogen) atoms. The zero-order valence-electron chi connectivity index (χ0n) is 15.7. The first-order chi connectivity index (χ1) is 12.7. The van der Waals surface area contributed by atoms with Gasteiger partial charge < -0.3 is 0 Å². The maximum absolute atomic E-state index is 13.2. The Hall–Kier alpha value is -2.11. The van der Waals surface area contributed by atoms with E-state index in [-0.39, 0.29) is 17.1 Å². The number of hydrogen-bond acceptors (Lipinski definition) is 4. The van der Waals surface area contributed by atoms with Gasteiger partial charge in [0.15, 0.2) is 5.16 Å². The molecule has 6 heteroatoms. The lowest BCUT2D eigenvalue weighted by atomic mass is 9.92. The largest absolute Gasteiger partial charge is 0.298 e. The average molecular weight is 401 g/mol. The SMILES string of the molecule is Cc1ccccc1-n1c(SCC(=O)C(C)(C)C)nc2cc(Cl)ccc2c1=O. The smallest absolute Gasteiger partial charge is 0.266 e. The number of halogens is 1. The molecule has 140 valence electrons. The first-order valence-corrected chi connectivity index (χ1v) is 9.99. The molecule has 0 radical (unpaired) electrons. The molecule has 1 aromatic heterocycles. The molecular formula is C21H21ClN2O2S. The number of fused-ring (bicyclic) bond motifs is 1. The van der Waals surface area contributed by atoms with Crippen molar-refractivity contribution in [3.8, 4) is 5.69 Å². The number of carbonyl (C=O) groups excluding carboxylic acids is 1. The van der Waals surface area contributed by atoms with Gasteiger partial charge in [0.25, 0.3) is 5.56 Å². The van der Waals surface area contributed by atoms with Crippen molar-refractivity contribution >= 4 is 40.0 Å². The van der Waals surface area contributed by atoms with Gasteiger partial charge in [0, 0.05) is 10.4 Å². The molecule has 0 fully saturated rings. The minimum absolute atomic E-state index is 0.101. The van der Waals surface area contributed by atoms with Crippen LogP contribution in [0.5, 0.6) is 0 Å². The third-order valence-corrected chi connectivity index (χ3v) is 5.50. The Morgan fingerprint density at radius 1 is 1.19 bits per heavy atom. The quantitative estimate of drug-likeness (QED) is 0.454. The van der Waals surface area contributed by atoms with Gasteiger partial charge in [-0.15, -0.1) is 0 Å². The first-order valence-electron chi connectivity index (χ1n) is 8.63. The zero-order valence-corrected chi connectivity index (χ0v) is 17.3. The van der Waals surface area contributed by atoms with E-state index < -0.39 is 5.41 Å². The Balaban J connectivity index is 2.20. The molecule has 2 aromatic carbocycles. The number of aromatic nitrogens is 2. The van der Waals surface area contributed by atoms with E-state index in [9.17, 15) is 9.59 Å². The molecule has 0 aliphatic rings. The number of rotatable bonds is 4. The number of benzene rings is 2. The number of carbonyl (C=O) groups is 1. The number of thioether (sulfide) groups is 1. The van der Waals surface area contributed by atoms with Crippen molar-refractivity contribution in [2.75, 3.05) is 5.75 Å². The molecule has 0 saturated carbocycles. The number of para-hydroxylation sites is 1. The summed E-state index contributed by atoms with van der Waals surface area (Å²) in [6, 6.07) is 12.7. The van der Waals surface area contributed by atoms with E-state index in [1.807, 2.05) is 52.0 Å². The van der Waals surface area contributed by atoms with Gasteiger partial charge in [-0.3, -0.25) is 14.2 Å². The van der Waals surface area contributed by atoms with Gasteiger partial charge in [0.05, 0.1) is 22.3 Å². The van der Waals surface area contributed by atoms with Crippen LogP contribution in [0.4, 0.5) is 0 Å². The second-order valence-electron chi connectivity index (χ2n) is 7.44. The molecule has 3 rings (SSSR count). The molecule has 0 N–H and O–H groups in total. The third-order valence-electron chi connectivity index (χ3n) is 4.33. The molecule has 0 aliphatic heterocycles. The van der Waals surface area contributed by atoms with Gasteiger partial charge in [0.1, 0.15) is 5.78 Å². The monoisotopic (exact) mass is 400 g/mol. The molecule has 0 atom stereocenters. The Bertz CT molecular complexity index is 1080. The summed E-state index contributed by atoms with van der Waals surface area (Å²) in [4.78, 5) is 30.3. The summed E-state index contributed by atoms with van der Waals surface area (Å²) in [5.41, 5.74) is 1.64. The predicted molar refractivity (Wildman–Crippen MR) is 112 cm³/mol. The van der Waals surface area contributed by atoms with E-state index in [1.54, 1.807) is 22.8 Å². The number of hydrogen-bond donors (Lipinski definition) is 0. The van der Waals surface area contributed by atoms with Crippen LogP contribution in [0.25, 0.3) is 16.6 Å². The molecule has 0 aliphatic carbocycles. The number of ketones is 1.